The lowest BCUT2D eigenvalue weighted by Crippen LogP contribution is -2.31. The summed E-state index contributed by atoms with van der Waals surface area (Å²) in [5.41, 5.74) is 0.0631. The van der Waals surface area contributed by atoms with Gasteiger partial charge in [0.05, 0.1) is 36.4 Å². The Morgan fingerprint density at radius 2 is 1.86 bits per heavy atom. The van der Waals surface area contributed by atoms with E-state index in [-0.39, 0.29) is 5.56 Å². The molecular weight excluding hydrogens is 286 g/mol. The van der Waals surface area contributed by atoms with Crippen LogP contribution in [0, 0.1) is 0 Å². The maximum absolute atomic E-state index is 12.4. The summed E-state index contributed by atoms with van der Waals surface area (Å²) < 4.78 is 11.3. The van der Waals surface area contributed by atoms with Crippen LogP contribution in [-0.4, -0.2) is 36.4 Å². The summed E-state index contributed by atoms with van der Waals surface area (Å²) in [5.74, 6) is -0.545. The van der Waals surface area contributed by atoms with Crippen LogP contribution in [0.2, 0.25) is 0 Å². The molecule has 1 heterocycles. The van der Waals surface area contributed by atoms with Crippen molar-refractivity contribution >= 4 is 28.6 Å². The Morgan fingerprint density at radius 3 is 2.45 bits per heavy atom. The van der Waals surface area contributed by atoms with E-state index in [1.54, 1.807) is 32.0 Å². The highest BCUT2D eigenvalue weighted by molar-refractivity contribution is 6.52. The van der Waals surface area contributed by atoms with E-state index in [1.807, 2.05) is 0 Å². The van der Waals surface area contributed by atoms with E-state index in [0.29, 0.717) is 22.3 Å². The maximum Gasteiger partial charge on any atom is 0.418 e. The van der Waals surface area contributed by atoms with E-state index in [0.717, 1.165) is 0 Å². The van der Waals surface area contributed by atoms with E-state index in [4.69, 9.17) is 9.47 Å². The molecule has 3 rings (SSSR count). The quantitative estimate of drug-likeness (QED) is 0.756. The van der Waals surface area contributed by atoms with Gasteiger partial charge in [-0.3, -0.25) is 9.59 Å². The molecule has 1 aromatic heterocycles. The second-order valence-electron chi connectivity index (χ2n) is 5.70. The monoisotopic (exact) mass is 301 g/mol. The number of ether oxygens (including phenoxy) is 2. The molecule has 1 aliphatic carbocycles. The van der Waals surface area contributed by atoms with E-state index in [1.165, 1.54) is 18.8 Å². The van der Waals surface area contributed by atoms with Crippen LogP contribution in [0.15, 0.2) is 18.2 Å². The predicted octanol–water partition coefficient (Wildman–Crippen LogP) is 2.31. The number of carbonyl (C=O) groups excluding carboxylic acids is 3. The number of hydrogen-bond donors (Lipinski definition) is 0. The summed E-state index contributed by atoms with van der Waals surface area (Å²) in [4.78, 5) is 36.8. The molecule has 0 spiro atoms. The van der Waals surface area contributed by atoms with Crippen molar-refractivity contribution in [2.45, 2.75) is 19.3 Å². The molecule has 0 N–H and O–H groups in total. The summed E-state index contributed by atoms with van der Waals surface area (Å²) in [6.45, 7) is 3.27. The highest BCUT2D eigenvalue weighted by Crippen LogP contribution is 2.42. The number of carbonyl (C=O) groups is 3. The average Bonchev–Trinajstić information content (AvgIpc) is 2.94. The van der Waals surface area contributed by atoms with Crippen LogP contribution in [0.25, 0.3) is 10.9 Å². The molecule has 0 saturated carbocycles. The predicted molar refractivity (Wildman–Crippen MR) is 78.7 cm³/mol. The van der Waals surface area contributed by atoms with Crippen molar-refractivity contribution in [2.24, 2.45) is 0 Å². The molecule has 114 valence electrons. The molecule has 0 aliphatic heterocycles. The largest absolute Gasteiger partial charge is 0.497 e. The fraction of sp³-hybridized carbons (Fsp3) is 0.312. The van der Waals surface area contributed by atoms with Gasteiger partial charge in [-0.2, -0.15) is 0 Å². The third-order valence-corrected chi connectivity index (χ3v) is 4.13. The highest BCUT2D eigenvalue weighted by Gasteiger charge is 2.50. The van der Waals surface area contributed by atoms with Crippen LogP contribution < -0.4 is 4.74 Å². The number of ketones is 2. The zero-order valence-electron chi connectivity index (χ0n) is 12.7. The number of benzene rings is 1. The number of rotatable bonds is 1. The van der Waals surface area contributed by atoms with Crippen molar-refractivity contribution in [2.75, 3.05) is 14.2 Å². The van der Waals surface area contributed by atoms with Crippen molar-refractivity contribution in [3.05, 3.63) is 29.5 Å². The van der Waals surface area contributed by atoms with Gasteiger partial charge in [-0.15, -0.1) is 0 Å². The van der Waals surface area contributed by atoms with Crippen LogP contribution in [0.4, 0.5) is 4.79 Å². The summed E-state index contributed by atoms with van der Waals surface area (Å²) in [6.07, 6.45) is -0.643. The fourth-order valence-corrected chi connectivity index (χ4v) is 3.00. The van der Waals surface area contributed by atoms with Gasteiger partial charge in [-0.25, -0.2) is 9.36 Å². The van der Waals surface area contributed by atoms with E-state index >= 15 is 0 Å². The lowest BCUT2D eigenvalue weighted by molar-refractivity contribution is -0.118. The van der Waals surface area contributed by atoms with Crippen LogP contribution in [0.1, 0.15) is 29.9 Å². The van der Waals surface area contributed by atoms with E-state index < -0.39 is 23.1 Å². The molecule has 0 radical (unpaired) electrons. The molecule has 22 heavy (non-hydrogen) atoms. The molecule has 6 nitrogen and oxygen atoms in total. The Bertz CT molecular complexity index is 844. The van der Waals surface area contributed by atoms with Crippen molar-refractivity contribution in [3.8, 4) is 5.75 Å². The second kappa shape index (κ2) is 4.43. The van der Waals surface area contributed by atoms with Crippen molar-refractivity contribution in [1.82, 2.24) is 4.57 Å². The lowest BCUT2D eigenvalue weighted by atomic mass is 9.89. The first-order chi connectivity index (χ1) is 10.3. The van der Waals surface area contributed by atoms with Crippen molar-refractivity contribution in [3.63, 3.8) is 0 Å². The van der Waals surface area contributed by atoms with Gasteiger partial charge in [-0.05, 0) is 26.0 Å². The number of aromatic nitrogens is 1. The van der Waals surface area contributed by atoms with E-state index in [9.17, 15) is 14.4 Å². The van der Waals surface area contributed by atoms with Gasteiger partial charge in [0.15, 0.2) is 0 Å². The summed E-state index contributed by atoms with van der Waals surface area (Å²) in [7, 11) is 2.77. The summed E-state index contributed by atoms with van der Waals surface area (Å²) in [5, 5.41) is 0.546. The number of hydrogen-bond acceptors (Lipinski definition) is 5. The van der Waals surface area contributed by atoms with E-state index in [2.05, 4.69) is 0 Å². The first kappa shape index (κ1) is 14.3. The Kier molecular flexibility index (Phi) is 2.88. The molecule has 0 unspecified atom stereocenters. The Labute approximate surface area is 126 Å². The van der Waals surface area contributed by atoms with Crippen LogP contribution >= 0.6 is 0 Å². The Morgan fingerprint density at radius 1 is 1.18 bits per heavy atom. The maximum atomic E-state index is 12.4. The lowest BCUT2D eigenvalue weighted by Gasteiger charge is -2.18. The molecule has 2 aromatic rings. The highest BCUT2D eigenvalue weighted by atomic mass is 16.5. The number of fused-ring (bicyclic) bond motifs is 3. The smallest absolute Gasteiger partial charge is 0.418 e. The van der Waals surface area contributed by atoms with Gasteiger partial charge >= 0.3 is 6.09 Å². The minimum atomic E-state index is -1.08. The molecule has 1 aromatic carbocycles. The number of nitrogens with zero attached hydrogens (tertiary/aromatic N) is 1. The van der Waals surface area contributed by atoms with Crippen molar-refractivity contribution in [1.29, 1.82) is 0 Å². The Hall–Kier alpha value is -2.63. The van der Waals surface area contributed by atoms with Gasteiger partial charge in [0.25, 0.3) is 0 Å². The topological polar surface area (TPSA) is 74.6 Å². The first-order valence-electron chi connectivity index (χ1n) is 6.75. The van der Waals surface area contributed by atoms with Gasteiger partial charge in [0, 0.05) is 11.5 Å². The second-order valence-corrected chi connectivity index (χ2v) is 5.70. The van der Waals surface area contributed by atoms with Gasteiger partial charge in [0.1, 0.15) is 5.75 Å². The average molecular weight is 301 g/mol. The van der Waals surface area contributed by atoms with Gasteiger partial charge in [-0.1, -0.05) is 0 Å². The van der Waals surface area contributed by atoms with Gasteiger partial charge < -0.3 is 9.47 Å². The molecule has 0 saturated heterocycles. The molecule has 1 aliphatic rings. The molecular formula is C16H15NO5. The van der Waals surface area contributed by atoms with Crippen molar-refractivity contribution < 1.29 is 23.9 Å². The first-order valence-corrected chi connectivity index (χ1v) is 6.75. The minimum Gasteiger partial charge on any atom is -0.497 e. The van der Waals surface area contributed by atoms with Crippen LogP contribution in [0.3, 0.4) is 0 Å². The van der Waals surface area contributed by atoms with Gasteiger partial charge in [0.2, 0.25) is 11.6 Å². The summed E-state index contributed by atoms with van der Waals surface area (Å²) >= 11 is 0. The fourth-order valence-electron chi connectivity index (χ4n) is 3.00. The standard InChI is InChI=1S/C16H15NO5/c1-16(2)13-11(12(18)14(16)19)9-6-5-8(21-3)7-10(9)17(13)15(20)22-4/h5-7H,1-4H3. The molecule has 0 bridgehead atoms. The molecule has 0 amide bonds. The van der Waals surface area contributed by atoms with Crippen LogP contribution in [-0.2, 0) is 14.9 Å². The zero-order chi connectivity index (χ0) is 16.2. The minimum absolute atomic E-state index is 0.276. The number of Topliss-reactive ketones (excluding diaryl/α,β-unsaturated/α-hetero) is 2. The number of methoxy groups -OCH3 is 2. The third kappa shape index (κ3) is 1.57. The Balaban J connectivity index is 2.49. The third-order valence-electron chi connectivity index (χ3n) is 4.13. The molecule has 0 atom stereocenters. The normalized spacial score (nSPS) is 16.0. The van der Waals surface area contributed by atoms with Crippen LogP contribution in [0.5, 0.6) is 5.75 Å². The molecule has 6 heteroatoms. The molecule has 0 fully saturated rings. The zero-order valence-corrected chi connectivity index (χ0v) is 12.7. The SMILES string of the molecule is COC(=O)n1c2c(c3ccc(OC)cc31)C(=O)C(=O)C2(C)C. The summed E-state index contributed by atoms with van der Waals surface area (Å²) in [6, 6.07) is 5.02.